The van der Waals surface area contributed by atoms with Gasteiger partial charge in [0.05, 0.1) is 13.6 Å². The van der Waals surface area contributed by atoms with E-state index in [4.69, 9.17) is 0 Å². The first-order valence-corrected chi connectivity index (χ1v) is 10.1. The van der Waals surface area contributed by atoms with Gasteiger partial charge in [0.15, 0.2) is 0 Å². The fourth-order valence-corrected chi connectivity index (χ4v) is 5.33. The van der Waals surface area contributed by atoms with Crippen molar-refractivity contribution in [2.75, 3.05) is 6.54 Å². The largest absolute Gasteiger partial charge is 1.00 e. The number of rotatable bonds is 4. The zero-order chi connectivity index (χ0) is 13.2. The zero-order valence-electron chi connectivity index (χ0n) is 13.3. The predicted octanol–water partition coefficient (Wildman–Crippen LogP) is -0.0576. The molecule has 1 amide bonds. The van der Waals surface area contributed by atoms with E-state index >= 15 is 0 Å². The molecule has 18 heavy (non-hydrogen) atoms. The fraction of sp³-hybridized carbons (Fsp3) is 0.462. The van der Waals surface area contributed by atoms with Crippen molar-refractivity contribution in [1.29, 1.82) is 0 Å². The number of thiophene rings is 1. The molecule has 2 nitrogen and oxygen atoms in total. The van der Waals surface area contributed by atoms with E-state index in [1.807, 2.05) is 6.92 Å². The maximum absolute atomic E-state index is 12.2. The van der Waals surface area contributed by atoms with E-state index < -0.39 is 8.07 Å². The number of hydrogen-bond acceptors (Lipinski definition) is 2. The molecule has 0 spiro atoms. The minimum Gasteiger partial charge on any atom is -1.00 e. The van der Waals surface area contributed by atoms with Crippen LogP contribution in [0.3, 0.4) is 0 Å². The molecular weight excluding hydrogens is 269 g/mol. The van der Waals surface area contributed by atoms with Gasteiger partial charge in [0.1, 0.15) is 0 Å². The van der Waals surface area contributed by atoms with E-state index in [1.54, 1.807) is 17.4 Å². The topological polar surface area (TPSA) is 29.1 Å². The van der Waals surface area contributed by atoms with Gasteiger partial charge in [-0.3, -0.25) is 4.79 Å². The summed E-state index contributed by atoms with van der Waals surface area (Å²) >= 11 is 1.78. The Labute approximate surface area is 139 Å². The first-order chi connectivity index (χ1) is 7.79. The molecule has 1 aromatic heterocycles. The van der Waals surface area contributed by atoms with Gasteiger partial charge in [0.25, 0.3) is 5.91 Å². The molecule has 0 bridgehead atoms. The Morgan fingerprint density at radius 3 is 2.44 bits per heavy atom. The van der Waals surface area contributed by atoms with Gasteiger partial charge in [-0.05, 0) is 19.4 Å². The van der Waals surface area contributed by atoms with Gasteiger partial charge >= 0.3 is 29.6 Å². The minimum absolute atomic E-state index is 0. The van der Waals surface area contributed by atoms with Gasteiger partial charge in [-0.25, -0.2) is 0 Å². The summed E-state index contributed by atoms with van der Waals surface area (Å²) in [6, 6.07) is 0. The van der Waals surface area contributed by atoms with E-state index in [-0.39, 0.29) is 36.9 Å². The molecular formula is C13H22NNaOSSi. The number of aryl methyl sites for hydroxylation is 1. The van der Waals surface area contributed by atoms with E-state index in [2.05, 4.69) is 38.5 Å². The van der Waals surface area contributed by atoms with Gasteiger partial charge in [-0.1, -0.05) is 25.7 Å². The molecule has 1 aromatic rings. The Balaban J connectivity index is 0. The van der Waals surface area contributed by atoms with Crippen molar-refractivity contribution in [1.82, 2.24) is 5.32 Å². The van der Waals surface area contributed by atoms with Gasteiger partial charge in [0, 0.05) is 15.9 Å². The number of amides is 1. The molecule has 5 heteroatoms. The van der Waals surface area contributed by atoms with E-state index in [9.17, 15) is 4.79 Å². The van der Waals surface area contributed by atoms with E-state index in [0.717, 1.165) is 11.1 Å². The SMILES string of the molecule is C=CCNC(=O)c1c([Si](C)(C)C)sc(C)c1C.[H-].[Na+]. The molecule has 1 rings (SSSR count). The first kappa shape index (κ1) is 18.1. The fourth-order valence-electron chi connectivity index (χ4n) is 1.68. The molecule has 96 valence electrons. The van der Waals surface area contributed by atoms with E-state index in [0.29, 0.717) is 6.54 Å². The predicted molar refractivity (Wildman–Crippen MR) is 80.4 cm³/mol. The molecule has 0 radical (unpaired) electrons. The molecule has 1 heterocycles. The summed E-state index contributed by atoms with van der Waals surface area (Å²) in [6.45, 7) is 15.1. The Kier molecular flexibility index (Phi) is 7.10. The van der Waals surface area contributed by atoms with Crippen LogP contribution in [0.5, 0.6) is 0 Å². The number of nitrogens with one attached hydrogen (secondary N) is 1. The number of hydrogen-bond donors (Lipinski definition) is 1. The van der Waals surface area contributed by atoms with Crippen LogP contribution < -0.4 is 39.4 Å². The molecule has 0 aromatic carbocycles. The Hall–Kier alpha value is 0.127. The smallest absolute Gasteiger partial charge is 1.00 e. The van der Waals surface area contributed by atoms with Crippen LogP contribution in [0.15, 0.2) is 12.7 Å². The third-order valence-corrected chi connectivity index (χ3v) is 7.48. The van der Waals surface area contributed by atoms with Crippen LogP contribution in [0, 0.1) is 13.8 Å². The van der Waals surface area contributed by atoms with Gasteiger partial charge in [0.2, 0.25) is 0 Å². The van der Waals surface area contributed by atoms with Crippen molar-refractivity contribution >= 4 is 29.8 Å². The van der Waals surface area contributed by atoms with Gasteiger partial charge in [-0.2, -0.15) is 0 Å². The van der Waals surface area contributed by atoms with Crippen molar-refractivity contribution in [3.05, 3.63) is 28.7 Å². The first-order valence-electron chi connectivity index (χ1n) is 5.78. The Morgan fingerprint density at radius 1 is 1.44 bits per heavy atom. The van der Waals surface area contributed by atoms with Crippen LogP contribution in [0.4, 0.5) is 0 Å². The van der Waals surface area contributed by atoms with Crippen molar-refractivity contribution in [3.8, 4) is 0 Å². The summed E-state index contributed by atoms with van der Waals surface area (Å²) in [4.78, 5) is 13.4. The molecule has 0 aliphatic rings. The summed E-state index contributed by atoms with van der Waals surface area (Å²) < 4.78 is 1.30. The second kappa shape index (κ2) is 7.06. The monoisotopic (exact) mass is 291 g/mol. The minimum atomic E-state index is -1.46. The van der Waals surface area contributed by atoms with Crippen molar-refractivity contribution in [2.24, 2.45) is 0 Å². The third-order valence-electron chi connectivity index (χ3n) is 2.70. The van der Waals surface area contributed by atoms with Crippen LogP contribution in [-0.4, -0.2) is 20.5 Å². The van der Waals surface area contributed by atoms with Crippen LogP contribution >= 0.6 is 11.3 Å². The standard InChI is InChI=1S/C13H21NOSSi.Na.H/c1-7-8-14-12(15)11-9(2)10(3)16-13(11)17(4,5)6;;/h7H,1,8H2,2-6H3,(H,14,15);;/q;+1;-1. The quantitative estimate of drug-likeness (QED) is 0.611. The van der Waals surface area contributed by atoms with Crippen LogP contribution in [0.1, 0.15) is 22.2 Å². The van der Waals surface area contributed by atoms with Crippen LogP contribution in [0.2, 0.25) is 19.6 Å². The number of carbonyl (C=O) groups is 1. The van der Waals surface area contributed by atoms with Gasteiger partial charge in [-0.15, -0.1) is 17.9 Å². The molecule has 0 atom stereocenters. The molecule has 0 saturated carbocycles. The Bertz CT molecular complexity index is 454. The molecule has 0 aliphatic carbocycles. The molecule has 0 saturated heterocycles. The van der Waals surface area contributed by atoms with Gasteiger partial charge < -0.3 is 6.74 Å². The summed E-state index contributed by atoms with van der Waals surface area (Å²) in [7, 11) is -1.46. The maximum atomic E-state index is 12.2. The summed E-state index contributed by atoms with van der Waals surface area (Å²) in [6.07, 6.45) is 1.71. The second-order valence-corrected chi connectivity index (χ2v) is 11.8. The van der Waals surface area contributed by atoms with Crippen molar-refractivity contribution in [2.45, 2.75) is 33.5 Å². The summed E-state index contributed by atoms with van der Waals surface area (Å²) in [5.41, 5.74) is 2.04. The maximum Gasteiger partial charge on any atom is 1.00 e. The van der Waals surface area contributed by atoms with Crippen molar-refractivity contribution in [3.63, 3.8) is 0 Å². The van der Waals surface area contributed by atoms with E-state index in [1.165, 1.54) is 9.38 Å². The molecule has 0 unspecified atom stereocenters. The average molecular weight is 291 g/mol. The summed E-state index contributed by atoms with van der Waals surface area (Å²) in [5.74, 6) is 0.0455. The zero-order valence-corrected chi connectivity index (χ0v) is 16.1. The second-order valence-electron chi connectivity index (χ2n) is 5.24. The molecule has 0 aliphatic heterocycles. The third kappa shape index (κ3) is 4.07. The van der Waals surface area contributed by atoms with Crippen LogP contribution in [0.25, 0.3) is 0 Å². The van der Waals surface area contributed by atoms with Crippen molar-refractivity contribution < 1.29 is 35.8 Å². The Morgan fingerprint density at radius 2 is 2.00 bits per heavy atom. The van der Waals surface area contributed by atoms with Crippen LogP contribution in [-0.2, 0) is 0 Å². The normalized spacial score (nSPS) is 10.7. The molecule has 0 fully saturated rings. The number of carbonyl (C=O) groups excluding carboxylic acids is 1. The molecule has 1 N–H and O–H groups in total. The summed E-state index contributed by atoms with van der Waals surface area (Å²) in [5, 5.41) is 2.89. The average Bonchev–Trinajstić information content (AvgIpc) is 2.52.